The number of nitrogens with one attached hydrogen (secondary N) is 1. The number of rotatable bonds is 4. The zero-order chi connectivity index (χ0) is 19.1. The van der Waals surface area contributed by atoms with Gasteiger partial charge in [0.25, 0.3) is 0 Å². The quantitative estimate of drug-likeness (QED) is 0.803. The molecule has 3 N–H and O–H groups in total. The molecule has 2 aliphatic rings. The van der Waals surface area contributed by atoms with Crippen molar-refractivity contribution >= 4 is 11.9 Å². The van der Waals surface area contributed by atoms with Crippen molar-refractivity contribution in [2.45, 2.75) is 51.3 Å². The lowest BCUT2D eigenvalue weighted by Gasteiger charge is -2.65. The summed E-state index contributed by atoms with van der Waals surface area (Å²) >= 11 is 0. The molecule has 3 rings (SSSR count). The second-order valence-electron chi connectivity index (χ2n) is 7.94. The zero-order valence-electron chi connectivity index (χ0n) is 15.9. The maximum Gasteiger partial charge on any atom is 0.337 e. The minimum atomic E-state index is -0.932. The molecule has 142 valence electrons. The predicted molar refractivity (Wildman–Crippen MR) is 97.5 cm³/mol. The molecule has 1 aromatic carbocycles. The van der Waals surface area contributed by atoms with Crippen molar-refractivity contribution in [1.82, 2.24) is 5.32 Å². The third-order valence-corrected chi connectivity index (χ3v) is 6.24. The number of methoxy groups -OCH3 is 1. The van der Waals surface area contributed by atoms with Crippen molar-refractivity contribution in [3.8, 4) is 0 Å². The van der Waals surface area contributed by atoms with Gasteiger partial charge in [-0.3, -0.25) is 4.79 Å². The maximum atomic E-state index is 13.1. The van der Waals surface area contributed by atoms with E-state index in [0.29, 0.717) is 5.56 Å². The molecule has 1 heterocycles. The summed E-state index contributed by atoms with van der Waals surface area (Å²) in [5.74, 6) is -0.465. The summed E-state index contributed by atoms with van der Waals surface area (Å²) in [4.78, 5) is 24.6. The van der Waals surface area contributed by atoms with Gasteiger partial charge in [-0.1, -0.05) is 26.0 Å². The van der Waals surface area contributed by atoms with Crippen LogP contribution in [0.5, 0.6) is 0 Å². The Morgan fingerprint density at radius 3 is 2.58 bits per heavy atom. The van der Waals surface area contributed by atoms with Crippen LogP contribution in [0.4, 0.5) is 0 Å². The fraction of sp³-hybridized carbons (Fsp3) is 0.600. The Morgan fingerprint density at radius 2 is 1.96 bits per heavy atom. The van der Waals surface area contributed by atoms with Gasteiger partial charge in [-0.05, 0) is 37.5 Å². The van der Waals surface area contributed by atoms with E-state index in [1.165, 1.54) is 7.11 Å². The van der Waals surface area contributed by atoms with Crippen molar-refractivity contribution in [1.29, 1.82) is 0 Å². The van der Waals surface area contributed by atoms with Gasteiger partial charge < -0.3 is 20.5 Å². The second kappa shape index (κ2) is 6.67. The first-order chi connectivity index (χ1) is 12.2. The summed E-state index contributed by atoms with van der Waals surface area (Å²) in [6.07, 6.45) is 1.90. The smallest absolute Gasteiger partial charge is 0.337 e. The van der Waals surface area contributed by atoms with Crippen LogP contribution in [-0.4, -0.2) is 37.2 Å². The molecule has 1 aliphatic carbocycles. The SMILES string of the molecule is COC(=O)c1ccc([C@H](C)NC(=O)C2(N)C3CCCOC3C2(C)C)cc1. The Kier molecular flexibility index (Phi) is 4.84. The minimum absolute atomic E-state index is 0.0432. The number of carbonyl (C=O) groups is 2. The van der Waals surface area contributed by atoms with Crippen molar-refractivity contribution in [2.75, 3.05) is 13.7 Å². The molecule has 1 saturated carbocycles. The number of benzene rings is 1. The van der Waals surface area contributed by atoms with E-state index < -0.39 is 11.0 Å². The van der Waals surface area contributed by atoms with Gasteiger partial charge >= 0.3 is 5.97 Å². The number of amides is 1. The van der Waals surface area contributed by atoms with Gasteiger partial charge in [-0.2, -0.15) is 0 Å². The highest BCUT2D eigenvalue weighted by atomic mass is 16.5. The summed E-state index contributed by atoms with van der Waals surface area (Å²) in [5, 5.41) is 3.05. The van der Waals surface area contributed by atoms with Gasteiger partial charge in [0.05, 0.1) is 24.8 Å². The number of carbonyl (C=O) groups excluding carboxylic acids is 2. The Morgan fingerprint density at radius 1 is 1.31 bits per heavy atom. The third-order valence-electron chi connectivity index (χ3n) is 6.24. The summed E-state index contributed by atoms with van der Waals surface area (Å²) in [5.41, 5.74) is 6.68. The highest BCUT2D eigenvalue weighted by molar-refractivity contribution is 5.90. The average Bonchev–Trinajstić information content (AvgIpc) is 2.66. The number of esters is 1. The lowest BCUT2D eigenvalue weighted by Crippen LogP contribution is -2.82. The number of hydrogen-bond donors (Lipinski definition) is 2. The Hall–Kier alpha value is -1.92. The van der Waals surface area contributed by atoms with E-state index in [1.54, 1.807) is 12.1 Å². The summed E-state index contributed by atoms with van der Waals surface area (Å²) in [6, 6.07) is 6.81. The molecule has 26 heavy (non-hydrogen) atoms. The van der Waals surface area contributed by atoms with Gasteiger partial charge in [0, 0.05) is 17.9 Å². The standard InChI is InChI=1S/C20H28N2O4/c1-12(13-7-9-14(10-8-13)17(23)25-4)22-18(24)20(21)15-6-5-11-26-16(15)19(20,2)3/h7-10,12,15-16H,5-6,11,21H2,1-4H3,(H,22,24)/t12-,15?,16?,20?/m0/s1. The van der Waals surface area contributed by atoms with Crippen LogP contribution in [0.15, 0.2) is 24.3 Å². The zero-order valence-corrected chi connectivity index (χ0v) is 15.9. The van der Waals surface area contributed by atoms with Gasteiger partial charge in [0.15, 0.2) is 0 Å². The van der Waals surface area contributed by atoms with Gasteiger partial charge in [-0.15, -0.1) is 0 Å². The number of ether oxygens (including phenoxy) is 2. The van der Waals surface area contributed by atoms with Crippen LogP contribution < -0.4 is 11.1 Å². The topological polar surface area (TPSA) is 90.7 Å². The third kappa shape index (κ3) is 2.72. The lowest BCUT2D eigenvalue weighted by molar-refractivity contribution is -0.225. The van der Waals surface area contributed by atoms with E-state index in [1.807, 2.05) is 32.9 Å². The molecule has 6 heteroatoms. The lowest BCUT2D eigenvalue weighted by atomic mass is 9.46. The number of fused-ring (bicyclic) bond motifs is 1. The van der Waals surface area contributed by atoms with Gasteiger partial charge in [0.2, 0.25) is 5.91 Å². The summed E-state index contributed by atoms with van der Waals surface area (Å²) < 4.78 is 10.6. The normalized spacial score (nSPS) is 30.5. The average molecular weight is 360 g/mol. The van der Waals surface area contributed by atoms with Crippen LogP contribution in [0.3, 0.4) is 0 Å². The molecule has 6 nitrogen and oxygen atoms in total. The van der Waals surface area contributed by atoms with Crippen LogP contribution in [-0.2, 0) is 14.3 Å². The summed E-state index contributed by atoms with van der Waals surface area (Å²) in [6.45, 7) is 6.67. The highest BCUT2D eigenvalue weighted by Crippen LogP contribution is 2.57. The van der Waals surface area contributed by atoms with Gasteiger partial charge in [0.1, 0.15) is 5.54 Å². The molecule has 4 atom stereocenters. The molecular weight excluding hydrogens is 332 g/mol. The Bertz CT molecular complexity index is 700. The molecule has 0 radical (unpaired) electrons. The van der Waals surface area contributed by atoms with E-state index in [-0.39, 0.29) is 29.9 Å². The fourth-order valence-electron chi connectivity index (χ4n) is 4.46. The molecule has 3 unspecified atom stereocenters. The maximum absolute atomic E-state index is 13.1. The second-order valence-corrected chi connectivity index (χ2v) is 7.94. The van der Waals surface area contributed by atoms with Crippen LogP contribution >= 0.6 is 0 Å². The van der Waals surface area contributed by atoms with Crippen molar-refractivity contribution < 1.29 is 19.1 Å². The minimum Gasteiger partial charge on any atom is -0.465 e. The largest absolute Gasteiger partial charge is 0.465 e. The van der Waals surface area contributed by atoms with E-state index in [0.717, 1.165) is 25.0 Å². The highest BCUT2D eigenvalue weighted by Gasteiger charge is 2.70. The number of nitrogens with two attached hydrogens (primary N) is 1. The monoisotopic (exact) mass is 360 g/mol. The first-order valence-corrected chi connectivity index (χ1v) is 9.13. The Balaban J connectivity index is 1.72. The molecule has 0 spiro atoms. The van der Waals surface area contributed by atoms with E-state index >= 15 is 0 Å². The van der Waals surface area contributed by atoms with Crippen LogP contribution in [0.1, 0.15) is 55.6 Å². The first-order valence-electron chi connectivity index (χ1n) is 9.13. The predicted octanol–water partition coefficient (Wildman–Crippen LogP) is 2.18. The van der Waals surface area contributed by atoms with Crippen molar-refractivity contribution in [3.63, 3.8) is 0 Å². The van der Waals surface area contributed by atoms with Gasteiger partial charge in [-0.25, -0.2) is 4.79 Å². The van der Waals surface area contributed by atoms with Crippen LogP contribution in [0, 0.1) is 11.3 Å². The molecule has 0 aromatic heterocycles. The van der Waals surface area contributed by atoms with E-state index in [9.17, 15) is 9.59 Å². The molecule has 1 aliphatic heterocycles. The molecule has 0 bridgehead atoms. The summed E-state index contributed by atoms with van der Waals surface area (Å²) in [7, 11) is 1.35. The molecule has 1 saturated heterocycles. The van der Waals surface area contributed by atoms with Crippen LogP contribution in [0.2, 0.25) is 0 Å². The first kappa shape index (κ1) is 18.9. The fourth-order valence-corrected chi connectivity index (χ4v) is 4.46. The van der Waals surface area contributed by atoms with E-state index in [4.69, 9.17) is 15.2 Å². The number of hydrogen-bond acceptors (Lipinski definition) is 5. The molecule has 2 fully saturated rings. The van der Waals surface area contributed by atoms with Crippen molar-refractivity contribution in [3.05, 3.63) is 35.4 Å². The van der Waals surface area contributed by atoms with Crippen LogP contribution in [0.25, 0.3) is 0 Å². The Labute approximate surface area is 154 Å². The molecule has 1 amide bonds. The van der Waals surface area contributed by atoms with E-state index in [2.05, 4.69) is 5.32 Å². The van der Waals surface area contributed by atoms with Crippen molar-refractivity contribution in [2.24, 2.45) is 17.1 Å². The molecule has 1 aromatic rings. The molecular formula is C20H28N2O4.